The van der Waals surface area contributed by atoms with Gasteiger partial charge in [-0.05, 0) is 57.5 Å². The van der Waals surface area contributed by atoms with E-state index in [0.717, 1.165) is 54.7 Å². The van der Waals surface area contributed by atoms with E-state index in [1.165, 1.54) is 38.8 Å². The lowest BCUT2D eigenvalue weighted by molar-refractivity contribution is 0.191. The molecule has 4 heterocycles. The molecule has 2 aliphatic heterocycles. The van der Waals surface area contributed by atoms with Crippen molar-refractivity contribution < 1.29 is 0 Å². The first-order chi connectivity index (χ1) is 13.8. The van der Waals surface area contributed by atoms with E-state index in [1.807, 2.05) is 6.07 Å². The Bertz CT molecular complexity index is 904. The highest BCUT2D eigenvalue weighted by atomic mass is 15.3. The van der Waals surface area contributed by atoms with Crippen molar-refractivity contribution in [1.29, 1.82) is 0 Å². The predicted octanol–water partition coefficient (Wildman–Crippen LogP) is 2.67. The summed E-state index contributed by atoms with van der Waals surface area (Å²) in [5.41, 5.74) is 2.16. The summed E-state index contributed by atoms with van der Waals surface area (Å²) in [5, 5.41) is 9.12. The van der Waals surface area contributed by atoms with Gasteiger partial charge in [-0.15, -0.1) is 10.2 Å². The number of likely N-dealkylation sites (tertiary alicyclic amines) is 2. The number of imidazole rings is 1. The van der Waals surface area contributed by atoms with Crippen molar-refractivity contribution in [2.24, 2.45) is 7.05 Å². The fraction of sp³-hybridized carbons (Fsp3) is 0.571. The Morgan fingerprint density at radius 1 is 1.00 bits per heavy atom. The molecule has 2 aromatic heterocycles. The molecule has 5 rings (SSSR count). The number of aromatic nitrogens is 5. The van der Waals surface area contributed by atoms with E-state index >= 15 is 0 Å². The van der Waals surface area contributed by atoms with Crippen molar-refractivity contribution in [3.63, 3.8) is 0 Å². The van der Waals surface area contributed by atoms with Crippen LogP contribution in [0.3, 0.4) is 0 Å². The number of hydrogen-bond donors (Lipinski definition) is 1. The third-order valence-electron chi connectivity index (χ3n) is 6.24. The number of rotatable bonds is 5. The highest BCUT2D eigenvalue weighted by molar-refractivity contribution is 5.74. The zero-order valence-corrected chi connectivity index (χ0v) is 16.6. The molecule has 0 bridgehead atoms. The van der Waals surface area contributed by atoms with E-state index < -0.39 is 0 Å². The van der Waals surface area contributed by atoms with E-state index in [-0.39, 0.29) is 0 Å². The summed E-state index contributed by atoms with van der Waals surface area (Å²) < 4.78 is 2.24. The number of piperidine rings is 1. The standard InChI is InChI=1S/C21H29N7/c1-26-20(15-27-10-4-5-11-27)24-25-21(26)16-7-6-12-28(13-16)14-19-22-17-8-2-3-9-18(17)23-19/h2-3,8-9,16H,4-7,10-15H2,1H3,(H,22,23)/t16-/m0/s1. The minimum Gasteiger partial charge on any atom is -0.341 e. The Morgan fingerprint density at radius 3 is 2.68 bits per heavy atom. The number of aromatic amines is 1. The Labute approximate surface area is 165 Å². The molecule has 2 fully saturated rings. The molecule has 28 heavy (non-hydrogen) atoms. The molecule has 1 N–H and O–H groups in total. The van der Waals surface area contributed by atoms with Crippen molar-refractivity contribution in [3.05, 3.63) is 41.7 Å². The van der Waals surface area contributed by atoms with Crippen LogP contribution in [0.25, 0.3) is 11.0 Å². The van der Waals surface area contributed by atoms with Crippen LogP contribution in [0, 0.1) is 0 Å². The number of nitrogens with one attached hydrogen (secondary N) is 1. The normalized spacial score (nSPS) is 21.7. The Balaban J connectivity index is 1.27. The lowest BCUT2D eigenvalue weighted by atomic mass is 9.97. The smallest absolute Gasteiger partial charge is 0.146 e. The lowest BCUT2D eigenvalue weighted by Crippen LogP contribution is -2.35. The molecule has 2 aliphatic rings. The minimum absolute atomic E-state index is 0.447. The molecule has 2 saturated heterocycles. The van der Waals surface area contributed by atoms with Gasteiger partial charge in [0.15, 0.2) is 0 Å². The quantitative estimate of drug-likeness (QED) is 0.738. The summed E-state index contributed by atoms with van der Waals surface area (Å²) in [4.78, 5) is 13.2. The highest BCUT2D eigenvalue weighted by Gasteiger charge is 2.27. The first-order valence-corrected chi connectivity index (χ1v) is 10.5. The number of benzene rings is 1. The van der Waals surface area contributed by atoms with Gasteiger partial charge in [0.1, 0.15) is 17.5 Å². The Hall–Kier alpha value is -2.25. The van der Waals surface area contributed by atoms with Crippen LogP contribution in [-0.2, 0) is 20.1 Å². The number of fused-ring (bicyclic) bond motifs is 1. The van der Waals surface area contributed by atoms with Crippen molar-refractivity contribution in [1.82, 2.24) is 34.5 Å². The number of hydrogen-bond acceptors (Lipinski definition) is 5. The van der Waals surface area contributed by atoms with Crippen molar-refractivity contribution in [2.75, 3.05) is 26.2 Å². The van der Waals surface area contributed by atoms with Crippen molar-refractivity contribution in [2.45, 2.75) is 44.7 Å². The molecule has 3 aromatic rings. The summed E-state index contributed by atoms with van der Waals surface area (Å²) in [6.45, 7) is 6.31. The van der Waals surface area contributed by atoms with Gasteiger partial charge in [0.25, 0.3) is 0 Å². The van der Waals surface area contributed by atoms with Crippen LogP contribution in [0.1, 0.15) is 49.1 Å². The van der Waals surface area contributed by atoms with Crippen LogP contribution >= 0.6 is 0 Å². The van der Waals surface area contributed by atoms with Gasteiger partial charge in [-0.3, -0.25) is 9.80 Å². The largest absolute Gasteiger partial charge is 0.341 e. The van der Waals surface area contributed by atoms with Gasteiger partial charge in [0.05, 0.1) is 24.1 Å². The topological polar surface area (TPSA) is 65.9 Å². The number of H-pyrrole nitrogens is 1. The van der Waals surface area contributed by atoms with Crippen LogP contribution in [0.15, 0.2) is 24.3 Å². The monoisotopic (exact) mass is 379 g/mol. The molecular weight excluding hydrogens is 350 g/mol. The van der Waals surface area contributed by atoms with Gasteiger partial charge < -0.3 is 9.55 Å². The molecule has 1 atom stereocenters. The van der Waals surface area contributed by atoms with Crippen molar-refractivity contribution >= 4 is 11.0 Å². The molecule has 7 nitrogen and oxygen atoms in total. The second-order valence-corrected chi connectivity index (χ2v) is 8.29. The molecule has 148 valence electrons. The van der Waals surface area contributed by atoms with E-state index in [1.54, 1.807) is 0 Å². The molecular formula is C21H29N7. The van der Waals surface area contributed by atoms with E-state index in [0.29, 0.717) is 5.92 Å². The summed E-state index contributed by atoms with van der Waals surface area (Å²) in [6.07, 6.45) is 5.00. The summed E-state index contributed by atoms with van der Waals surface area (Å²) in [7, 11) is 2.14. The molecule has 0 unspecified atom stereocenters. The average Bonchev–Trinajstić information content (AvgIpc) is 3.43. The van der Waals surface area contributed by atoms with E-state index in [4.69, 9.17) is 4.98 Å². The third kappa shape index (κ3) is 3.56. The van der Waals surface area contributed by atoms with Gasteiger partial charge in [0.2, 0.25) is 0 Å². The SMILES string of the molecule is Cn1c(CN2CCCC2)nnc1[C@H]1CCCN(Cc2nc3ccccc3[nH]2)C1. The number of nitrogens with zero attached hydrogens (tertiary/aromatic N) is 6. The van der Waals surface area contributed by atoms with Crippen LogP contribution in [0.4, 0.5) is 0 Å². The van der Waals surface area contributed by atoms with Gasteiger partial charge in [-0.2, -0.15) is 0 Å². The maximum Gasteiger partial charge on any atom is 0.146 e. The first kappa shape index (κ1) is 17.8. The molecule has 0 amide bonds. The van der Waals surface area contributed by atoms with Crippen LogP contribution in [0.5, 0.6) is 0 Å². The van der Waals surface area contributed by atoms with Crippen LogP contribution in [0.2, 0.25) is 0 Å². The Kier molecular flexibility index (Phi) is 4.86. The molecule has 0 aliphatic carbocycles. The molecule has 1 aromatic carbocycles. The first-order valence-electron chi connectivity index (χ1n) is 10.5. The lowest BCUT2D eigenvalue weighted by Gasteiger charge is -2.31. The Morgan fingerprint density at radius 2 is 1.82 bits per heavy atom. The van der Waals surface area contributed by atoms with Gasteiger partial charge >= 0.3 is 0 Å². The van der Waals surface area contributed by atoms with Crippen molar-refractivity contribution in [3.8, 4) is 0 Å². The highest BCUT2D eigenvalue weighted by Crippen LogP contribution is 2.27. The zero-order chi connectivity index (χ0) is 18.9. The fourth-order valence-electron chi connectivity index (χ4n) is 4.71. The van der Waals surface area contributed by atoms with Gasteiger partial charge in [-0.25, -0.2) is 4.98 Å². The fourth-order valence-corrected chi connectivity index (χ4v) is 4.71. The van der Waals surface area contributed by atoms with Crippen LogP contribution in [-0.4, -0.2) is 60.7 Å². The predicted molar refractivity (Wildman–Crippen MR) is 109 cm³/mol. The molecule has 0 radical (unpaired) electrons. The molecule has 0 spiro atoms. The maximum absolute atomic E-state index is 4.75. The summed E-state index contributed by atoms with van der Waals surface area (Å²) >= 11 is 0. The van der Waals surface area contributed by atoms with E-state index in [2.05, 4.69) is 54.8 Å². The minimum atomic E-state index is 0.447. The third-order valence-corrected chi connectivity index (χ3v) is 6.24. The average molecular weight is 380 g/mol. The van der Waals surface area contributed by atoms with Crippen LogP contribution < -0.4 is 0 Å². The summed E-state index contributed by atoms with van der Waals surface area (Å²) in [6, 6.07) is 8.24. The zero-order valence-electron chi connectivity index (χ0n) is 16.6. The second kappa shape index (κ2) is 7.64. The second-order valence-electron chi connectivity index (χ2n) is 8.29. The maximum atomic E-state index is 4.75. The summed E-state index contributed by atoms with van der Waals surface area (Å²) in [5.74, 6) is 3.74. The van der Waals surface area contributed by atoms with E-state index in [9.17, 15) is 0 Å². The molecule has 7 heteroatoms. The molecule has 0 saturated carbocycles. The number of para-hydroxylation sites is 2. The van der Waals surface area contributed by atoms with Gasteiger partial charge in [0, 0.05) is 19.5 Å². The van der Waals surface area contributed by atoms with Gasteiger partial charge in [-0.1, -0.05) is 12.1 Å².